The van der Waals surface area contributed by atoms with Crippen molar-refractivity contribution in [3.05, 3.63) is 74.4 Å². The van der Waals surface area contributed by atoms with Gasteiger partial charge in [-0.3, -0.25) is 4.98 Å². The minimum absolute atomic E-state index is 0. The van der Waals surface area contributed by atoms with Gasteiger partial charge in [0.2, 0.25) is 0 Å². The Bertz CT molecular complexity index is 1920. The van der Waals surface area contributed by atoms with Crippen molar-refractivity contribution in [1.29, 1.82) is 0 Å². The number of nitrogens with zero attached hydrogens (tertiary/aromatic N) is 4. The second-order valence-corrected chi connectivity index (χ2v) is 12.0. The van der Waals surface area contributed by atoms with Crippen LogP contribution in [-0.4, -0.2) is 46.5 Å². The summed E-state index contributed by atoms with van der Waals surface area (Å²) >= 11 is 0. The molecule has 6 rings (SSSR count). The zero-order valence-electron chi connectivity index (χ0n) is 28.3. The van der Waals surface area contributed by atoms with E-state index in [-0.39, 0.29) is 60.6 Å². The van der Waals surface area contributed by atoms with Crippen molar-refractivity contribution in [2.75, 3.05) is 6.61 Å². The van der Waals surface area contributed by atoms with Gasteiger partial charge in [0.05, 0.1) is 34.7 Å². The van der Waals surface area contributed by atoms with Crippen molar-refractivity contribution in [1.82, 2.24) is 19.9 Å². The number of ether oxygens (including phenoxy) is 1. The molecule has 0 saturated heterocycles. The van der Waals surface area contributed by atoms with Crippen molar-refractivity contribution < 1.29 is 34.3 Å². The molecule has 3 aliphatic rings. The van der Waals surface area contributed by atoms with Gasteiger partial charge in [-0.2, -0.15) is 0 Å². The van der Waals surface area contributed by atoms with Crippen LogP contribution in [0, 0.1) is 13.8 Å². The van der Waals surface area contributed by atoms with E-state index in [9.17, 15) is 4.79 Å². The number of esters is 1. The van der Waals surface area contributed by atoms with Gasteiger partial charge in [0.15, 0.2) is 0 Å². The van der Waals surface area contributed by atoms with Crippen LogP contribution >= 0.6 is 0 Å². The van der Waals surface area contributed by atoms with E-state index < -0.39 is 5.41 Å². The molecule has 8 bridgehead atoms. The largest absolute Gasteiger partial charge is 4.00 e. The molecule has 0 N–H and O–H groups in total. The van der Waals surface area contributed by atoms with E-state index in [0.29, 0.717) is 12.2 Å². The average molecular weight is 764 g/mol. The Labute approximate surface area is 302 Å². The first-order valence-electron chi connectivity index (χ1n) is 15.9. The molecule has 9 heteroatoms. The van der Waals surface area contributed by atoms with Crippen molar-refractivity contribution in [3.8, 4) is 0 Å². The predicted molar refractivity (Wildman–Crippen MR) is 181 cm³/mol. The van der Waals surface area contributed by atoms with Crippen LogP contribution in [0.25, 0.3) is 39.3 Å². The molecule has 1 aliphatic carbocycles. The van der Waals surface area contributed by atoms with Crippen LogP contribution in [-0.2, 0) is 27.8 Å². The Balaban J connectivity index is 0.00000192. The molecular formula is C37H42Cl2N4O2Sn. The number of carbonyl (C=O) groups is 1. The molecule has 2 atom stereocenters. The zero-order valence-corrected chi connectivity index (χ0v) is 32.6. The van der Waals surface area contributed by atoms with E-state index >= 15 is 0 Å². The fourth-order valence-corrected chi connectivity index (χ4v) is 7.74. The molecular weight excluding hydrogens is 722 g/mol. The molecule has 0 spiro atoms. The fraction of sp³-hybridized carbons (Fsp3) is 0.432. The van der Waals surface area contributed by atoms with E-state index in [1.54, 1.807) is 0 Å². The number of aryl methyl sites for hydroxylation is 4. The molecule has 0 radical (unpaired) electrons. The topological polar surface area (TPSA) is 80.3 Å². The molecule has 240 valence electrons. The number of hydrogen-bond donors (Lipinski definition) is 0. The Kier molecular flexibility index (Phi) is 11.8. The molecule has 3 aromatic rings. The Morgan fingerprint density at radius 2 is 1.50 bits per heavy atom. The van der Waals surface area contributed by atoms with Gasteiger partial charge >= 0.3 is 29.9 Å². The van der Waals surface area contributed by atoms with Crippen LogP contribution in [0.5, 0.6) is 0 Å². The standard InChI is InChI=1S/C37H43N4O2.2ClH.Sn/c1-10-23-19(6)29-17-33-25(12-3)21(8)34(40-33)26-15-27(36(42)43-14-5)37(13-4)22(9)30(41-35(26)37)18-32-24(11-2)20(7)28(39-32)16-31(23)38-29;;;/h15-18,22H,10-14H2,1-9H3,(H-,38,39,40,41,42);2*1H;/q-1;;;+4/p-3/t22-,37+;;;/m0.../s1. The maximum absolute atomic E-state index is 13.6. The van der Waals surface area contributed by atoms with Crippen LogP contribution in [0.4, 0.5) is 0 Å². The third-order valence-electron chi connectivity index (χ3n) is 10.2. The van der Waals surface area contributed by atoms with E-state index in [0.717, 1.165) is 81.7 Å². The number of halogens is 2. The van der Waals surface area contributed by atoms with Crippen LogP contribution in [0.2, 0.25) is 0 Å². The molecule has 46 heavy (non-hydrogen) atoms. The summed E-state index contributed by atoms with van der Waals surface area (Å²) < 4.78 is 5.65. The Morgan fingerprint density at radius 3 is 2.11 bits per heavy atom. The molecule has 0 saturated carbocycles. The van der Waals surface area contributed by atoms with E-state index in [4.69, 9.17) is 24.7 Å². The van der Waals surface area contributed by atoms with E-state index in [2.05, 4.69) is 73.6 Å². The Hall–Kier alpha value is -2.55. The van der Waals surface area contributed by atoms with Crippen LogP contribution < -0.4 is 34.8 Å². The maximum atomic E-state index is 13.6. The van der Waals surface area contributed by atoms with Gasteiger partial charge in [-0.05, 0) is 82.2 Å². The normalized spacial score (nSPS) is 18.0. The summed E-state index contributed by atoms with van der Waals surface area (Å²) in [6.07, 6.45) is 5.35. The van der Waals surface area contributed by atoms with Gasteiger partial charge < -0.3 is 39.5 Å². The monoisotopic (exact) mass is 764 g/mol. The van der Waals surface area contributed by atoms with Gasteiger partial charge in [0.1, 0.15) is 0 Å². The molecule has 5 heterocycles. The summed E-state index contributed by atoms with van der Waals surface area (Å²) in [6.45, 7) is 19.5. The van der Waals surface area contributed by atoms with Crippen molar-refractivity contribution in [2.24, 2.45) is 0 Å². The third-order valence-corrected chi connectivity index (χ3v) is 10.2. The second kappa shape index (κ2) is 14.3. The number of aromatic nitrogens is 4. The summed E-state index contributed by atoms with van der Waals surface area (Å²) in [7, 11) is 0. The first-order valence-corrected chi connectivity index (χ1v) is 15.9. The summed E-state index contributed by atoms with van der Waals surface area (Å²) in [5.74, 6) is -0.309. The fourth-order valence-electron chi connectivity index (χ4n) is 7.74. The average Bonchev–Trinajstić information content (AvgIpc) is 3.72. The predicted octanol–water partition coefficient (Wildman–Crippen LogP) is 1.69. The summed E-state index contributed by atoms with van der Waals surface area (Å²) in [5, 5.41) is 0. The molecule has 3 aromatic heterocycles. The Morgan fingerprint density at radius 1 is 0.848 bits per heavy atom. The molecule has 0 amide bonds. The third kappa shape index (κ3) is 5.46. The van der Waals surface area contributed by atoms with Gasteiger partial charge in [-0.1, -0.05) is 69.0 Å². The van der Waals surface area contributed by atoms with Crippen molar-refractivity contribution in [3.63, 3.8) is 0 Å². The number of allylic oxidation sites excluding steroid dienone is 2. The maximum Gasteiger partial charge on any atom is 4.00 e. The van der Waals surface area contributed by atoms with Gasteiger partial charge in [0, 0.05) is 11.6 Å². The minimum Gasteiger partial charge on any atom is -1.00 e. The molecule has 0 aromatic carbocycles. The zero-order chi connectivity index (χ0) is 30.8. The molecule has 0 fully saturated rings. The smallest absolute Gasteiger partial charge is 1.00 e. The first-order chi connectivity index (χ1) is 20.6. The van der Waals surface area contributed by atoms with Crippen molar-refractivity contribution in [2.45, 2.75) is 99.3 Å². The van der Waals surface area contributed by atoms with Crippen LogP contribution in [0.15, 0.2) is 23.8 Å². The van der Waals surface area contributed by atoms with Crippen LogP contribution in [0.1, 0.15) is 118 Å². The van der Waals surface area contributed by atoms with Gasteiger partial charge in [-0.15, -0.1) is 22.1 Å². The van der Waals surface area contributed by atoms with Gasteiger partial charge in [-0.25, -0.2) is 9.78 Å². The van der Waals surface area contributed by atoms with Crippen molar-refractivity contribution >= 4 is 69.2 Å². The van der Waals surface area contributed by atoms with E-state index in [1.807, 2.05) is 13.0 Å². The number of rotatable bonds is 6. The second-order valence-electron chi connectivity index (χ2n) is 12.0. The molecule has 0 unspecified atom stereocenters. The first kappa shape index (κ1) is 37.9. The summed E-state index contributed by atoms with van der Waals surface area (Å²) in [5.41, 5.74) is 15.7. The van der Waals surface area contributed by atoms with Crippen LogP contribution in [0.3, 0.4) is 0 Å². The molecule has 2 aliphatic heterocycles. The minimum atomic E-state index is -0.583. The number of fused-ring (bicyclic) bond motifs is 8. The number of hydrogen-bond acceptors (Lipinski definition) is 4. The van der Waals surface area contributed by atoms with Gasteiger partial charge in [0.25, 0.3) is 0 Å². The number of carbonyl (C=O) groups excluding carboxylic acids is 1. The van der Waals surface area contributed by atoms with E-state index in [1.165, 1.54) is 27.8 Å². The summed E-state index contributed by atoms with van der Waals surface area (Å²) in [4.78, 5) is 34.5. The summed E-state index contributed by atoms with van der Waals surface area (Å²) in [6, 6.07) is 6.45. The molecule has 6 nitrogen and oxygen atoms in total. The quantitative estimate of drug-likeness (QED) is 0.281. The SMILES string of the molecule is CCOC(=O)C1=Cc2c3nc(cc4nc(cc5[n-]c(cc6[n-]c2c(C)c6CC)c(C)c5CC)C(C)=C4CC)[C@H](C)[C@]13CC.[Cl-].[Cl-].[Sn+4].